The lowest BCUT2D eigenvalue weighted by Gasteiger charge is -2.39. The number of carbonyl (C=O) groups is 2. The fourth-order valence-corrected chi connectivity index (χ4v) is 5.15. The number of hydrogen-bond donors (Lipinski definition) is 3. The number of aromatic hydroxyl groups is 1. The number of ether oxygens (including phenoxy) is 3. The third-order valence-corrected chi connectivity index (χ3v) is 7.26. The van der Waals surface area contributed by atoms with Crippen molar-refractivity contribution in [2.24, 2.45) is 0 Å². The molecule has 0 saturated carbocycles. The van der Waals surface area contributed by atoms with E-state index in [1.807, 2.05) is 36.4 Å². The van der Waals surface area contributed by atoms with Gasteiger partial charge in [0.1, 0.15) is 11.5 Å². The average Bonchev–Trinajstić information content (AvgIpc) is 3.48. The molecule has 0 unspecified atom stereocenters. The monoisotopic (exact) mass is 502 g/mol. The number of phenols is 1. The van der Waals surface area contributed by atoms with Gasteiger partial charge >= 0.3 is 17.9 Å². The first-order valence-corrected chi connectivity index (χ1v) is 12.2. The van der Waals surface area contributed by atoms with Crippen LogP contribution in [0.5, 0.6) is 11.5 Å². The summed E-state index contributed by atoms with van der Waals surface area (Å²) in [6.07, 6.45) is 2.90. The van der Waals surface area contributed by atoms with E-state index in [1.54, 1.807) is 30.5 Å². The van der Waals surface area contributed by atoms with Gasteiger partial charge in [-0.2, -0.15) is 0 Å². The molecule has 37 heavy (non-hydrogen) atoms. The molecule has 0 amide bonds. The number of nitrogens with one attached hydrogen (secondary N) is 1. The Balaban J connectivity index is 1.14. The number of esters is 2. The predicted octanol–water partition coefficient (Wildman–Crippen LogP) is 3.53. The molecule has 0 bridgehead atoms. The third-order valence-electron chi connectivity index (χ3n) is 7.26. The molecule has 4 aromatic rings. The Kier molecular flexibility index (Phi) is 5.54. The van der Waals surface area contributed by atoms with Crippen LogP contribution >= 0.6 is 0 Å². The Bertz CT molecular complexity index is 1490. The van der Waals surface area contributed by atoms with Gasteiger partial charge in [-0.3, -0.25) is 0 Å². The van der Waals surface area contributed by atoms with Crippen LogP contribution in [-0.4, -0.2) is 57.6 Å². The van der Waals surface area contributed by atoms with E-state index in [0.717, 1.165) is 27.2 Å². The number of phenolic OH excluding ortho intramolecular Hbond substituents is 1. The maximum Gasteiger partial charge on any atom is 0.423 e. The van der Waals surface area contributed by atoms with E-state index in [4.69, 9.17) is 14.2 Å². The zero-order valence-electron chi connectivity index (χ0n) is 20.0. The molecular formula is C28H26N2O7. The SMILES string of the molecule is O=C1OC(CCN2CCC(O)(c3ccc4cc(O)ccc4c3)CC2)(Oc2cccc3[nH]ccc23)OC1=O. The fourth-order valence-electron chi connectivity index (χ4n) is 5.15. The first kappa shape index (κ1) is 23.3. The number of aromatic amines is 1. The number of rotatable bonds is 6. The van der Waals surface area contributed by atoms with E-state index in [0.29, 0.717) is 38.2 Å². The van der Waals surface area contributed by atoms with Crippen LogP contribution in [0.1, 0.15) is 24.8 Å². The largest absolute Gasteiger partial charge is 0.508 e. The Morgan fingerprint density at radius 3 is 2.46 bits per heavy atom. The first-order chi connectivity index (χ1) is 17.8. The molecule has 0 atom stereocenters. The summed E-state index contributed by atoms with van der Waals surface area (Å²) < 4.78 is 16.6. The molecule has 3 heterocycles. The minimum atomic E-state index is -1.85. The van der Waals surface area contributed by atoms with Crippen LogP contribution in [0.3, 0.4) is 0 Å². The van der Waals surface area contributed by atoms with Gasteiger partial charge in [0, 0.05) is 36.7 Å². The van der Waals surface area contributed by atoms with Gasteiger partial charge in [0.25, 0.3) is 0 Å². The lowest BCUT2D eigenvalue weighted by Crippen LogP contribution is -2.46. The zero-order chi connectivity index (χ0) is 25.6. The second-order valence-corrected chi connectivity index (χ2v) is 9.63. The van der Waals surface area contributed by atoms with Crippen molar-refractivity contribution in [3.8, 4) is 11.5 Å². The molecule has 3 N–H and O–H groups in total. The van der Waals surface area contributed by atoms with Gasteiger partial charge < -0.3 is 34.3 Å². The van der Waals surface area contributed by atoms with E-state index >= 15 is 0 Å². The Morgan fingerprint density at radius 1 is 0.946 bits per heavy atom. The number of likely N-dealkylation sites (tertiary alicyclic amines) is 1. The minimum Gasteiger partial charge on any atom is -0.508 e. The lowest BCUT2D eigenvalue weighted by atomic mass is 9.83. The molecular weight excluding hydrogens is 476 g/mol. The van der Waals surface area contributed by atoms with Gasteiger partial charge in [0.15, 0.2) is 0 Å². The van der Waals surface area contributed by atoms with E-state index in [2.05, 4.69) is 9.88 Å². The van der Waals surface area contributed by atoms with Crippen LogP contribution in [0.2, 0.25) is 0 Å². The van der Waals surface area contributed by atoms with Crippen LogP contribution in [0.25, 0.3) is 21.7 Å². The number of nitrogens with zero attached hydrogens (tertiary/aromatic N) is 1. The zero-order valence-corrected chi connectivity index (χ0v) is 20.0. The third kappa shape index (κ3) is 4.36. The second-order valence-electron chi connectivity index (χ2n) is 9.63. The number of hydrogen-bond acceptors (Lipinski definition) is 8. The number of aromatic nitrogens is 1. The van der Waals surface area contributed by atoms with Crippen LogP contribution in [0.4, 0.5) is 0 Å². The molecule has 1 aromatic heterocycles. The summed E-state index contributed by atoms with van der Waals surface area (Å²) in [6, 6.07) is 18.2. The summed E-state index contributed by atoms with van der Waals surface area (Å²) >= 11 is 0. The van der Waals surface area contributed by atoms with Gasteiger partial charge in [0.2, 0.25) is 0 Å². The molecule has 6 rings (SSSR count). The Labute approximate surface area is 212 Å². The standard InChI is InChI=1S/C28H26N2O7/c31-21-7-5-18-16-20(6-4-19(18)17-21)27(34)9-13-30(14-10-27)15-11-28(36-25(32)26(33)37-28)35-24-3-1-2-23-22(24)8-12-29-23/h1-8,12,16-17,29,31,34H,9-11,13-15H2. The molecule has 9 nitrogen and oxygen atoms in total. The quantitative estimate of drug-likeness (QED) is 0.271. The van der Waals surface area contributed by atoms with Crippen molar-refractivity contribution in [3.05, 3.63) is 72.4 Å². The van der Waals surface area contributed by atoms with Gasteiger partial charge in [-0.05, 0) is 65.6 Å². The summed E-state index contributed by atoms with van der Waals surface area (Å²) in [6.45, 7) is 1.61. The second kappa shape index (κ2) is 8.79. The van der Waals surface area contributed by atoms with E-state index in [9.17, 15) is 19.8 Å². The summed E-state index contributed by atoms with van der Waals surface area (Å²) in [5.74, 6) is -3.38. The number of benzene rings is 3. The fraction of sp³-hybridized carbons (Fsp3) is 0.286. The molecule has 2 fully saturated rings. The van der Waals surface area contributed by atoms with Crippen molar-refractivity contribution in [2.75, 3.05) is 19.6 Å². The topological polar surface area (TPSA) is 121 Å². The molecule has 3 aromatic carbocycles. The molecule has 0 aliphatic carbocycles. The van der Waals surface area contributed by atoms with Crippen LogP contribution in [0.15, 0.2) is 66.9 Å². The van der Waals surface area contributed by atoms with Crippen molar-refractivity contribution in [1.82, 2.24) is 9.88 Å². The smallest absolute Gasteiger partial charge is 0.423 e. The predicted molar refractivity (Wildman–Crippen MR) is 134 cm³/mol. The average molecular weight is 503 g/mol. The van der Waals surface area contributed by atoms with Crippen molar-refractivity contribution in [2.45, 2.75) is 30.8 Å². The number of carbonyl (C=O) groups excluding carboxylic acids is 2. The summed E-state index contributed by atoms with van der Waals surface area (Å²) in [5.41, 5.74) is 0.694. The number of piperidine rings is 1. The van der Waals surface area contributed by atoms with Crippen molar-refractivity contribution >= 4 is 33.6 Å². The highest BCUT2D eigenvalue weighted by Gasteiger charge is 2.52. The van der Waals surface area contributed by atoms with E-state index < -0.39 is 23.5 Å². The molecule has 9 heteroatoms. The Morgan fingerprint density at radius 2 is 1.68 bits per heavy atom. The van der Waals surface area contributed by atoms with Gasteiger partial charge in [-0.15, -0.1) is 0 Å². The summed E-state index contributed by atoms with van der Waals surface area (Å²) in [5, 5.41) is 23.7. The maximum atomic E-state index is 12.0. The molecule has 0 spiro atoms. The van der Waals surface area contributed by atoms with Crippen LogP contribution in [-0.2, 0) is 24.7 Å². The van der Waals surface area contributed by atoms with Crippen molar-refractivity contribution < 1.29 is 34.0 Å². The molecule has 0 radical (unpaired) electrons. The van der Waals surface area contributed by atoms with Crippen LogP contribution in [0, 0.1) is 0 Å². The minimum absolute atomic E-state index is 0.114. The van der Waals surface area contributed by atoms with E-state index in [-0.39, 0.29) is 12.2 Å². The van der Waals surface area contributed by atoms with Gasteiger partial charge in [0.05, 0.1) is 12.0 Å². The Hall–Kier alpha value is -4.08. The molecule has 2 aliphatic heterocycles. The molecule has 2 aliphatic rings. The summed E-state index contributed by atoms with van der Waals surface area (Å²) in [7, 11) is 0. The lowest BCUT2D eigenvalue weighted by molar-refractivity contribution is -0.278. The highest BCUT2D eigenvalue weighted by atomic mass is 16.9. The number of fused-ring (bicyclic) bond motifs is 2. The van der Waals surface area contributed by atoms with E-state index in [1.165, 1.54) is 0 Å². The normalized spacial score (nSPS) is 19.2. The number of cyclic esters (lactones) is 2. The molecule has 190 valence electrons. The number of H-pyrrole nitrogens is 1. The van der Waals surface area contributed by atoms with Crippen LogP contribution < -0.4 is 4.74 Å². The highest BCUT2D eigenvalue weighted by Crippen LogP contribution is 2.37. The highest BCUT2D eigenvalue weighted by molar-refractivity contribution is 6.31. The van der Waals surface area contributed by atoms with Crippen molar-refractivity contribution in [1.29, 1.82) is 0 Å². The van der Waals surface area contributed by atoms with Gasteiger partial charge in [-0.1, -0.05) is 24.3 Å². The van der Waals surface area contributed by atoms with Gasteiger partial charge in [-0.25, -0.2) is 9.59 Å². The summed E-state index contributed by atoms with van der Waals surface area (Å²) in [4.78, 5) is 29.1. The maximum absolute atomic E-state index is 12.0. The first-order valence-electron chi connectivity index (χ1n) is 12.2. The molecule has 2 saturated heterocycles. The number of aliphatic hydroxyl groups is 1. The van der Waals surface area contributed by atoms with Crippen molar-refractivity contribution in [3.63, 3.8) is 0 Å².